The molecule has 0 amide bonds. The van der Waals surface area contributed by atoms with Gasteiger partial charge in [0.1, 0.15) is 0 Å². The van der Waals surface area contributed by atoms with E-state index in [1.54, 1.807) is 24.3 Å². The van der Waals surface area contributed by atoms with Crippen LogP contribution in [0.5, 0.6) is 0 Å². The van der Waals surface area contributed by atoms with Gasteiger partial charge in [-0.1, -0.05) is 12.1 Å². The Balaban J connectivity index is 1.90. The Bertz CT molecular complexity index is 586. The minimum absolute atomic E-state index is 0.244. The Labute approximate surface area is 120 Å². The van der Waals surface area contributed by atoms with Crippen molar-refractivity contribution in [3.05, 3.63) is 29.8 Å². The monoisotopic (exact) mass is 293 g/mol. The molecule has 6 heteroatoms. The van der Waals surface area contributed by atoms with Crippen LogP contribution in [0, 0.1) is 11.3 Å². The summed E-state index contributed by atoms with van der Waals surface area (Å²) in [5, 5.41) is 8.58. The lowest BCUT2D eigenvalue weighted by Gasteiger charge is -2.15. The molecule has 5 nitrogen and oxygen atoms in total. The fourth-order valence-corrected chi connectivity index (χ4v) is 3.04. The molecule has 0 aromatic heterocycles. The molecule has 2 rings (SSSR count). The number of hydrogen-bond donors (Lipinski definition) is 1. The number of benzene rings is 1. The van der Waals surface area contributed by atoms with E-state index in [9.17, 15) is 8.42 Å². The fraction of sp³-hybridized carbons (Fsp3) is 0.500. The first kappa shape index (κ1) is 15.0. The molecule has 0 aliphatic heterocycles. The average Bonchev–Trinajstić information content (AvgIpc) is 3.24. The molecule has 1 fully saturated rings. The van der Waals surface area contributed by atoms with Crippen LogP contribution in [-0.4, -0.2) is 39.5 Å². The number of nitriles is 1. The van der Waals surface area contributed by atoms with E-state index in [-0.39, 0.29) is 4.90 Å². The highest BCUT2D eigenvalue weighted by Crippen LogP contribution is 2.24. The Hall–Kier alpha value is -1.42. The zero-order chi connectivity index (χ0) is 14.6. The zero-order valence-corrected chi connectivity index (χ0v) is 12.4. The third-order valence-corrected chi connectivity index (χ3v) is 4.92. The molecule has 0 heterocycles. The minimum atomic E-state index is -3.45. The van der Waals surface area contributed by atoms with E-state index < -0.39 is 10.0 Å². The molecule has 108 valence electrons. The van der Waals surface area contributed by atoms with Crippen molar-refractivity contribution in [2.75, 3.05) is 20.1 Å². The normalized spacial score (nSPS) is 15.2. The highest BCUT2D eigenvalue weighted by molar-refractivity contribution is 7.89. The second kappa shape index (κ2) is 6.35. The van der Waals surface area contributed by atoms with Crippen LogP contribution in [0.25, 0.3) is 0 Å². The summed E-state index contributed by atoms with van der Waals surface area (Å²) < 4.78 is 26.8. The summed E-state index contributed by atoms with van der Waals surface area (Å²) in [6, 6.07) is 9.10. The van der Waals surface area contributed by atoms with Crippen molar-refractivity contribution in [2.45, 2.75) is 30.2 Å². The topological polar surface area (TPSA) is 73.2 Å². The summed E-state index contributed by atoms with van der Waals surface area (Å²) in [6.45, 7) is 1.13. The van der Waals surface area contributed by atoms with Gasteiger partial charge in [0, 0.05) is 19.1 Å². The molecular weight excluding hydrogens is 274 g/mol. The molecule has 0 radical (unpaired) electrons. The molecule has 0 bridgehead atoms. The molecule has 1 N–H and O–H groups in total. The first-order valence-electron chi connectivity index (χ1n) is 6.69. The van der Waals surface area contributed by atoms with Crippen molar-refractivity contribution >= 4 is 10.0 Å². The van der Waals surface area contributed by atoms with Crippen molar-refractivity contribution in [2.24, 2.45) is 0 Å². The molecule has 0 atom stereocenters. The lowest BCUT2D eigenvalue weighted by atomic mass is 10.2. The second-order valence-electron chi connectivity index (χ2n) is 5.09. The summed E-state index contributed by atoms with van der Waals surface area (Å²) in [4.78, 5) is 2.42. The predicted octanol–water partition coefficient (Wildman–Crippen LogP) is 1.13. The summed E-state index contributed by atoms with van der Waals surface area (Å²) in [6.07, 6.45) is 2.72. The van der Waals surface area contributed by atoms with Crippen LogP contribution in [-0.2, 0) is 16.4 Å². The Morgan fingerprint density at radius 2 is 2.00 bits per heavy atom. The van der Waals surface area contributed by atoms with E-state index in [4.69, 9.17) is 5.26 Å². The van der Waals surface area contributed by atoms with Gasteiger partial charge in [-0.2, -0.15) is 5.26 Å². The molecule has 0 saturated heterocycles. The van der Waals surface area contributed by atoms with Gasteiger partial charge in [-0.3, -0.25) is 0 Å². The lowest BCUT2D eigenvalue weighted by molar-refractivity contribution is 0.329. The summed E-state index contributed by atoms with van der Waals surface area (Å²) in [7, 11) is -1.44. The van der Waals surface area contributed by atoms with Crippen molar-refractivity contribution in [3.63, 3.8) is 0 Å². The summed E-state index contributed by atoms with van der Waals surface area (Å²) in [5.74, 6) is 0. The molecule has 1 aromatic rings. The summed E-state index contributed by atoms with van der Waals surface area (Å²) in [5.41, 5.74) is 0.819. The van der Waals surface area contributed by atoms with Gasteiger partial charge in [0.25, 0.3) is 0 Å². The Morgan fingerprint density at radius 3 is 2.55 bits per heavy atom. The van der Waals surface area contributed by atoms with Crippen LogP contribution in [0.15, 0.2) is 29.2 Å². The van der Waals surface area contributed by atoms with Gasteiger partial charge in [-0.15, -0.1) is 0 Å². The van der Waals surface area contributed by atoms with E-state index in [0.717, 1.165) is 12.1 Å². The number of likely N-dealkylation sites (N-methyl/N-ethyl adjacent to an activating group) is 1. The molecule has 0 spiro atoms. The highest BCUT2D eigenvalue weighted by atomic mass is 32.2. The van der Waals surface area contributed by atoms with Crippen LogP contribution in [0.1, 0.15) is 18.4 Å². The minimum Gasteiger partial charge on any atom is -0.302 e. The maximum absolute atomic E-state index is 12.1. The zero-order valence-electron chi connectivity index (χ0n) is 11.5. The van der Waals surface area contributed by atoms with Gasteiger partial charge in [0.2, 0.25) is 10.0 Å². The molecule has 0 unspecified atom stereocenters. The van der Waals surface area contributed by atoms with Crippen LogP contribution >= 0.6 is 0 Å². The van der Waals surface area contributed by atoms with E-state index >= 15 is 0 Å². The van der Waals surface area contributed by atoms with Crippen LogP contribution < -0.4 is 4.72 Å². The third kappa shape index (κ3) is 4.04. The maximum atomic E-state index is 12.1. The molecule has 20 heavy (non-hydrogen) atoms. The smallest absolute Gasteiger partial charge is 0.240 e. The van der Waals surface area contributed by atoms with Gasteiger partial charge in [-0.25, -0.2) is 13.1 Å². The van der Waals surface area contributed by atoms with E-state index in [1.165, 1.54) is 12.8 Å². The Kier molecular flexibility index (Phi) is 4.76. The van der Waals surface area contributed by atoms with Crippen LogP contribution in [0.2, 0.25) is 0 Å². The van der Waals surface area contributed by atoms with Crippen LogP contribution in [0.3, 0.4) is 0 Å². The molecule has 1 aliphatic rings. The number of nitrogens with zero attached hydrogens (tertiary/aromatic N) is 2. The highest BCUT2D eigenvalue weighted by Gasteiger charge is 2.25. The van der Waals surface area contributed by atoms with Crippen LogP contribution in [0.4, 0.5) is 0 Å². The largest absolute Gasteiger partial charge is 0.302 e. The maximum Gasteiger partial charge on any atom is 0.240 e. The molecular formula is C14H19N3O2S. The van der Waals surface area contributed by atoms with E-state index in [2.05, 4.69) is 9.62 Å². The number of hydrogen-bond acceptors (Lipinski definition) is 4. The van der Waals surface area contributed by atoms with E-state index in [0.29, 0.717) is 19.0 Å². The van der Waals surface area contributed by atoms with Gasteiger partial charge < -0.3 is 4.90 Å². The van der Waals surface area contributed by atoms with Gasteiger partial charge >= 0.3 is 0 Å². The van der Waals surface area contributed by atoms with Crippen molar-refractivity contribution in [3.8, 4) is 6.07 Å². The SMILES string of the molecule is CN(CCNS(=O)(=O)c1ccc(CC#N)cc1)C1CC1. The van der Waals surface area contributed by atoms with Gasteiger partial charge in [0.05, 0.1) is 17.4 Å². The summed E-state index contributed by atoms with van der Waals surface area (Å²) >= 11 is 0. The van der Waals surface area contributed by atoms with E-state index in [1.807, 2.05) is 13.1 Å². The fourth-order valence-electron chi connectivity index (χ4n) is 2.02. The first-order chi connectivity index (χ1) is 9.53. The number of sulfonamides is 1. The third-order valence-electron chi connectivity index (χ3n) is 3.44. The molecule has 1 aromatic carbocycles. The number of rotatable bonds is 7. The Morgan fingerprint density at radius 1 is 1.35 bits per heavy atom. The standard InChI is InChI=1S/C14H19N3O2S/c1-17(13-4-5-13)11-10-16-20(18,19)14-6-2-12(3-7-14)8-9-15/h2-3,6-7,13,16H,4-5,8,10-11H2,1H3. The average molecular weight is 293 g/mol. The quantitative estimate of drug-likeness (QED) is 0.818. The number of nitrogens with one attached hydrogen (secondary N) is 1. The molecule has 1 aliphatic carbocycles. The first-order valence-corrected chi connectivity index (χ1v) is 8.17. The van der Waals surface area contributed by atoms with Crippen molar-refractivity contribution in [1.82, 2.24) is 9.62 Å². The van der Waals surface area contributed by atoms with Crippen molar-refractivity contribution in [1.29, 1.82) is 5.26 Å². The van der Waals surface area contributed by atoms with Gasteiger partial charge in [-0.05, 0) is 37.6 Å². The van der Waals surface area contributed by atoms with Gasteiger partial charge in [0.15, 0.2) is 0 Å². The lowest BCUT2D eigenvalue weighted by Crippen LogP contribution is -2.33. The second-order valence-corrected chi connectivity index (χ2v) is 6.86. The van der Waals surface area contributed by atoms with Crippen molar-refractivity contribution < 1.29 is 8.42 Å². The predicted molar refractivity (Wildman–Crippen MR) is 76.6 cm³/mol. The molecule has 1 saturated carbocycles.